The molecule has 0 spiro atoms. The van der Waals surface area contributed by atoms with Gasteiger partial charge in [0.25, 0.3) is 9.05 Å². The van der Waals surface area contributed by atoms with Crippen LogP contribution in [-0.4, -0.2) is 28.6 Å². The van der Waals surface area contributed by atoms with Crippen molar-refractivity contribution in [1.82, 2.24) is 20.2 Å². The van der Waals surface area contributed by atoms with Gasteiger partial charge in [-0.05, 0) is 17.3 Å². The lowest BCUT2D eigenvalue weighted by molar-refractivity contribution is 0.295. The number of hydrogen-bond acceptors (Lipinski definition) is 6. The third kappa shape index (κ3) is 3.32. The number of aryl methyl sites for hydroxylation is 1. The molecule has 1 heterocycles. The van der Waals surface area contributed by atoms with E-state index < -0.39 is 9.05 Å². The van der Waals surface area contributed by atoms with Crippen LogP contribution in [0.4, 0.5) is 0 Å². The molecule has 1 aromatic carbocycles. The molecule has 2 rings (SSSR count). The van der Waals surface area contributed by atoms with Gasteiger partial charge in [-0.25, -0.2) is 8.42 Å². The first kappa shape index (κ1) is 15.3. The van der Waals surface area contributed by atoms with Gasteiger partial charge in [0.2, 0.25) is 5.82 Å². The molecular formula is C9H7Cl3N4O3S. The summed E-state index contributed by atoms with van der Waals surface area (Å²) in [4.78, 5) is 0.993. The van der Waals surface area contributed by atoms with Gasteiger partial charge in [-0.2, -0.15) is 4.80 Å². The molecule has 0 unspecified atom stereocenters. The summed E-state index contributed by atoms with van der Waals surface area (Å²) < 4.78 is 27.9. The Hall–Kier alpha value is -1.09. The van der Waals surface area contributed by atoms with Gasteiger partial charge in [-0.15, -0.1) is 10.2 Å². The number of nitrogens with zero attached hydrogens (tertiary/aromatic N) is 4. The van der Waals surface area contributed by atoms with E-state index in [1.807, 2.05) is 0 Å². The van der Waals surface area contributed by atoms with E-state index in [1.165, 1.54) is 16.9 Å². The summed E-state index contributed by atoms with van der Waals surface area (Å²) in [5.74, 6) is 0.530. The smallest absolute Gasteiger partial charge is 0.262 e. The van der Waals surface area contributed by atoms with Gasteiger partial charge in [0, 0.05) is 10.7 Å². The summed E-state index contributed by atoms with van der Waals surface area (Å²) in [5, 5.41) is 11.0. The minimum absolute atomic E-state index is 0.0108. The van der Waals surface area contributed by atoms with Crippen molar-refractivity contribution in [2.45, 2.75) is 11.5 Å². The Morgan fingerprint density at radius 1 is 1.30 bits per heavy atom. The fourth-order valence-electron chi connectivity index (χ4n) is 1.34. The molecule has 0 amide bonds. The third-order valence-corrected chi connectivity index (χ3v) is 4.52. The van der Waals surface area contributed by atoms with Crippen molar-refractivity contribution in [3.63, 3.8) is 0 Å². The van der Waals surface area contributed by atoms with Crippen LogP contribution in [0.2, 0.25) is 10.0 Å². The van der Waals surface area contributed by atoms with Crippen LogP contribution in [0.5, 0.6) is 5.75 Å². The van der Waals surface area contributed by atoms with Crippen molar-refractivity contribution in [3.8, 4) is 5.75 Å². The summed E-state index contributed by atoms with van der Waals surface area (Å²) in [6.07, 6.45) is 0. The quantitative estimate of drug-likeness (QED) is 0.778. The lowest BCUT2D eigenvalue weighted by atomic mass is 10.3. The first-order chi connectivity index (χ1) is 9.29. The molecule has 0 atom stereocenters. The van der Waals surface area contributed by atoms with E-state index in [0.717, 1.165) is 0 Å². The van der Waals surface area contributed by atoms with Gasteiger partial charge in [-0.1, -0.05) is 23.2 Å². The highest BCUT2D eigenvalue weighted by Crippen LogP contribution is 2.38. The Morgan fingerprint density at radius 3 is 2.55 bits per heavy atom. The van der Waals surface area contributed by atoms with Crippen LogP contribution in [0.1, 0.15) is 5.82 Å². The molecule has 0 fully saturated rings. The Morgan fingerprint density at radius 2 is 2.00 bits per heavy atom. The molecule has 11 heteroatoms. The van der Waals surface area contributed by atoms with Crippen molar-refractivity contribution < 1.29 is 13.2 Å². The second-order valence-electron chi connectivity index (χ2n) is 3.61. The summed E-state index contributed by atoms with van der Waals surface area (Å²) in [5.41, 5.74) is 0. The van der Waals surface area contributed by atoms with Crippen LogP contribution >= 0.6 is 33.9 Å². The molecule has 2 aromatic rings. The number of aromatic nitrogens is 4. The Balaban J connectivity index is 2.24. The van der Waals surface area contributed by atoms with Crippen LogP contribution in [0.3, 0.4) is 0 Å². The Labute approximate surface area is 128 Å². The average molecular weight is 358 g/mol. The van der Waals surface area contributed by atoms with E-state index >= 15 is 0 Å². The molecule has 7 nitrogen and oxygen atoms in total. The number of tetrazole rings is 1. The maximum Gasteiger partial charge on any atom is 0.262 e. The van der Waals surface area contributed by atoms with Gasteiger partial charge in [0.05, 0.1) is 12.1 Å². The first-order valence-corrected chi connectivity index (χ1v) is 8.14. The van der Waals surface area contributed by atoms with Crippen molar-refractivity contribution in [2.75, 3.05) is 0 Å². The Bertz CT molecular complexity index is 747. The lowest BCUT2D eigenvalue weighted by Crippen LogP contribution is -2.01. The summed E-state index contributed by atoms with van der Waals surface area (Å²) in [6.45, 7) is 0.0108. The highest BCUT2D eigenvalue weighted by molar-refractivity contribution is 8.13. The zero-order valence-corrected chi connectivity index (χ0v) is 13.0. The largest absolute Gasteiger partial charge is 0.484 e. The zero-order valence-electron chi connectivity index (χ0n) is 9.92. The molecule has 0 saturated heterocycles. The van der Waals surface area contributed by atoms with E-state index in [1.54, 1.807) is 7.05 Å². The number of hydrogen-bond donors (Lipinski definition) is 0. The second-order valence-corrected chi connectivity index (χ2v) is 6.90. The zero-order chi connectivity index (χ0) is 14.9. The molecular weight excluding hydrogens is 351 g/mol. The minimum Gasteiger partial charge on any atom is -0.484 e. The molecule has 0 radical (unpaired) electrons. The lowest BCUT2D eigenvalue weighted by Gasteiger charge is -2.09. The maximum atomic E-state index is 11.2. The van der Waals surface area contributed by atoms with E-state index in [-0.39, 0.29) is 27.3 Å². The fraction of sp³-hybridized carbons (Fsp3) is 0.222. The molecule has 0 N–H and O–H groups in total. The summed E-state index contributed by atoms with van der Waals surface area (Å²) >= 11 is 11.8. The molecule has 108 valence electrons. The topological polar surface area (TPSA) is 87.0 Å². The number of halogens is 3. The van der Waals surface area contributed by atoms with E-state index in [0.29, 0.717) is 5.82 Å². The monoisotopic (exact) mass is 356 g/mol. The van der Waals surface area contributed by atoms with Crippen LogP contribution in [0, 0.1) is 0 Å². The molecule has 0 aliphatic heterocycles. The predicted octanol–water partition coefficient (Wildman–Crippen LogP) is 2.02. The van der Waals surface area contributed by atoms with Crippen LogP contribution in [0.15, 0.2) is 17.0 Å². The molecule has 0 aliphatic carbocycles. The van der Waals surface area contributed by atoms with Gasteiger partial charge in [-0.3, -0.25) is 0 Å². The van der Waals surface area contributed by atoms with Crippen molar-refractivity contribution >= 4 is 42.9 Å². The SMILES string of the molecule is Cn1nnc(COc2ccc(S(=O)(=O)Cl)c(Cl)c2Cl)n1. The molecule has 0 saturated carbocycles. The molecule has 0 aliphatic rings. The predicted molar refractivity (Wildman–Crippen MR) is 72.6 cm³/mol. The molecule has 1 aromatic heterocycles. The second kappa shape index (κ2) is 5.72. The van der Waals surface area contributed by atoms with Gasteiger partial charge < -0.3 is 4.74 Å². The van der Waals surface area contributed by atoms with Crippen molar-refractivity contribution in [3.05, 3.63) is 28.0 Å². The average Bonchev–Trinajstić information content (AvgIpc) is 2.75. The maximum absolute atomic E-state index is 11.2. The fourth-order valence-corrected chi connectivity index (χ4v) is 3.12. The minimum atomic E-state index is -3.97. The standard InChI is InChI=1S/C9H7Cl3N4O3S/c1-16-14-7(13-15-16)4-19-5-2-3-6(20(12,17)18)9(11)8(5)10/h2-3H,4H2,1H3. The van der Waals surface area contributed by atoms with E-state index in [9.17, 15) is 8.42 Å². The van der Waals surface area contributed by atoms with Gasteiger partial charge in [0.1, 0.15) is 15.7 Å². The summed E-state index contributed by atoms with van der Waals surface area (Å²) in [7, 11) is 2.86. The van der Waals surface area contributed by atoms with Crippen LogP contribution < -0.4 is 4.74 Å². The van der Waals surface area contributed by atoms with Crippen LogP contribution in [-0.2, 0) is 22.7 Å². The van der Waals surface area contributed by atoms with Gasteiger partial charge >= 0.3 is 0 Å². The van der Waals surface area contributed by atoms with E-state index in [2.05, 4.69) is 15.4 Å². The first-order valence-electron chi connectivity index (χ1n) is 5.07. The van der Waals surface area contributed by atoms with Crippen molar-refractivity contribution in [1.29, 1.82) is 0 Å². The molecule has 20 heavy (non-hydrogen) atoms. The van der Waals surface area contributed by atoms with Gasteiger partial charge in [0.15, 0.2) is 6.61 Å². The Kier molecular flexibility index (Phi) is 4.38. The van der Waals surface area contributed by atoms with Crippen molar-refractivity contribution in [2.24, 2.45) is 7.05 Å². The highest BCUT2D eigenvalue weighted by Gasteiger charge is 2.20. The number of rotatable bonds is 4. The normalized spacial score (nSPS) is 11.6. The number of ether oxygens (including phenoxy) is 1. The number of benzene rings is 1. The third-order valence-electron chi connectivity index (χ3n) is 2.18. The van der Waals surface area contributed by atoms with E-state index in [4.69, 9.17) is 38.6 Å². The molecule has 0 bridgehead atoms. The van der Waals surface area contributed by atoms with Crippen LogP contribution in [0.25, 0.3) is 0 Å². The summed E-state index contributed by atoms with van der Waals surface area (Å²) in [6, 6.07) is 2.55. The highest BCUT2D eigenvalue weighted by atomic mass is 35.7.